The highest BCUT2D eigenvalue weighted by Gasteiger charge is 2.22. The number of carbonyl (C=O) groups excluding carboxylic acids is 2. The van der Waals surface area contributed by atoms with Gasteiger partial charge in [-0.05, 0) is 24.6 Å². The Labute approximate surface area is 197 Å². The summed E-state index contributed by atoms with van der Waals surface area (Å²) in [5.41, 5.74) is 2.73. The number of fused-ring (bicyclic) bond motifs is 1. The molecule has 2 aromatic rings. The summed E-state index contributed by atoms with van der Waals surface area (Å²) >= 11 is 1.34. The van der Waals surface area contributed by atoms with Crippen molar-refractivity contribution in [2.24, 2.45) is 4.99 Å². The third kappa shape index (κ3) is 6.52. The van der Waals surface area contributed by atoms with Crippen molar-refractivity contribution in [2.45, 2.75) is 25.0 Å². The van der Waals surface area contributed by atoms with Crippen molar-refractivity contribution in [2.75, 3.05) is 32.0 Å². The number of rotatable bonds is 8. The third-order valence-electron chi connectivity index (χ3n) is 4.84. The molecular weight excluding hydrogens is 442 g/mol. The number of anilines is 2. The Balaban J connectivity index is 1.83. The lowest BCUT2D eigenvalue weighted by Crippen LogP contribution is -2.25. The van der Waals surface area contributed by atoms with Gasteiger partial charge in [0.2, 0.25) is 5.91 Å². The van der Waals surface area contributed by atoms with Crippen LogP contribution in [0.15, 0.2) is 59.2 Å². The molecule has 0 fully saturated rings. The highest BCUT2D eigenvalue weighted by Crippen LogP contribution is 2.33. The van der Waals surface area contributed by atoms with E-state index >= 15 is 0 Å². The quantitative estimate of drug-likeness (QED) is 0.538. The van der Waals surface area contributed by atoms with Crippen molar-refractivity contribution >= 4 is 45.7 Å². The number of thioether (sulfide) groups is 1. The maximum atomic E-state index is 13.1. The molecule has 0 aromatic heterocycles. The molecule has 0 aliphatic carbocycles. The number of aliphatic imine (C=N–C) groups is 1. The standard InChI is InChI=1S/C24H27N3O5S/c1-5-21(24(29)26-15-10-17(30-2)14-18(11-15)31-3)33-22-12-16(13-23(28)32-4)25-19-8-6-7-9-20(19)27-22/h6-12,14,21,25H,5,13H2,1-4H3,(H,26,29). The van der Waals surface area contributed by atoms with Gasteiger partial charge in [-0.1, -0.05) is 30.8 Å². The zero-order valence-electron chi connectivity index (χ0n) is 19.0. The van der Waals surface area contributed by atoms with Crippen LogP contribution in [0.1, 0.15) is 19.8 Å². The number of nitrogens with one attached hydrogen (secondary N) is 2. The normalized spacial score (nSPS) is 13.3. The summed E-state index contributed by atoms with van der Waals surface area (Å²) in [4.78, 5) is 29.7. The van der Waals surface area contributed by atoms with Crippen LogP contribution in [-0.4, -0.2) is 43.5 Å². The van der Waals surface area contributed by atoms with Crippen molar-refractivity contribution in [3.63, 3.8) is 0 Å². The van der Waals surface area contributed by atoms with Crippen molar-refractivity contribution in [1.29, 1.82) is 0 Å². The van der Waals surface area contributed by atoms with Crippen LogP contribution in [0.2, 0.25) is 0 Å². The molecule has 1 heterocycles. The predicted molar refractivity (Wildman–Crippen MR) is 132 cm³/mol. The van der Waals surface area contributed by atoms with Gasteiger partial charge in [0, 0.05) is 29.6 Å². The maximum absolute atomic E-state index is 13.1. The van der Waals surface area contributed by atoms with Gasteiger partial charge in [0.25, 0.3) is 0 Å². The highest BCUT2D eigenvalue weighted by atomic mass is 32.2. The molecule has 2 aromatic carbocycles. The average molecular weight is 470 g/mol. The average Bonchev–Trinajstić information content (AvgIpc) is 3.00. The summed E-state index contributed by atoms with van der Waals surface area (Å²) < 4.78 is 15.4. The van der Waals surface area contributed by atoms with Gasteiger partial charge in [-0.15, -0.1) is 0 Å². The van der Waals surface area contributed by atoms with Crippen LogP contribution in [0, 0.1) is 0 Å². The monoisotopic (exact) mass is 469 g/mol. The summed E-state index contributed by atoms with van der Waals surface area (Å²) in [5, 5.41) is 6.39. The summed E-state index contributed by atoms with van der Waals surface area (Å²) in [6.45, 7) is 1.94. The predicted octanol–water partition coefficient (Wildman–Crippen LogP) is 4.76. The minimum absolute atomic E-state index is 0.0665. The number of amides is 1. The van der Waals surface area contributed by atoms with Gasteiger partial charge in [0.05, 0.1) is 49.4 Å². The van der Waals surface area contributed by atoms with E-state index in [0.717, 1.165) is 11.4 Å². The number of ether oxygens (including phenoxy) is 3. The highest BCUT2D eigenvalue weighted by molar-refractivity contribution is 8.15. The molecule has 0 saturated heterocycles. The van der Waals surface area contributed by atoms with Crippen LogP contribution in [0.25, 0.3) is 0 Å². The summed E-state index contributed by atoms with van der Waals surface area (Å²) in [7, 11) is 4.46. The lowest BCUT2D eigenvalue weighted by molar-refractivity contribution is -0.139. The molecule has 0 saturated carbocycles. The van der Waals surface area contributed by atoms with E-state index < -0.39 is 5.25 Å². The van der Waals surface area contributed by atoms with E-state index in [1.807, 2.05) is 31.2 Å². The van der Waals surface area contributed by atoms with Gasteiger partial charge in [-0.25, -0.2) is 4.99 Å². The van der Waals surface area contributed by atoms with E-state index in [0.29, 0.717) is 34.3 Å². The minimum atomic E-state index is -0.415. The Morgan fingerprint density at radius 1 is 1.09 bits per heavy atom. The van der Waals surface area contributed by atoms with Crippen LogP contribution in [0.4, 0.5) is 17.1 Å². The second kappa shape index (κ2) is 11.4. The maximum Gasteiger partial charge on any atom is 0.311 e. The molecule has 33 heavy (non-hydrogen) atoms. The second-order valence-electron chi connectivity index (χ2n) is 7.12. The topological polar surface area (TPSA) is 98.2 Å². The Morgan fingerprint density at radius 3 is 2.42 bits per heavy atom. The van der Waals surface area contributed by atoms with Crippen molar-refractivity contribution < 1.29 is 23.8 Å². The Kier molecular flexibility index (Phi) is 8.37. The molecule has 0 spiro atoms. The van der Waals surface area contributed by atoms with Crippen molar-refractivity contribution in [3.05, 3.63) is 54.2 Å². The van der Waals surface area contributed by atoms with E-state index in [1.165, 1.54) is 18.9 Å². The molecule has 2 N–H and O–H groups in total. The van der Waals surface area contributed by atoms with Gasteiger partial charge < -0.3 is 24.8 Å². The van der Waals surface area contributed by atoms with Crippen molar-refractivity contribution in [1.82, 2.24) is 0 Å². The van der Waals surface area contributed by atoms with Gasteiger partial charge >= 0.3 is 5.97 Å². The van der Waals surface area contributed by atoms with E-state index in [2.05, 4.69) is 10.6 Å². The van der Waals surface area contributed by atoms with Crippen molar-refractivity contribution in [3.8, 4) is 11.5 Å². The molecule has 174 valence electrons. The number of methoxy groups -OCH3 is 3. The number of para-hydroxylation sites is 2. The molecule has 9 heteroatoms. The molecule has 1 aliphatic rings. The summed E-state index contributed by atoms with van der Waals surface area (Å²) in [6.07, 6.45) is 2.43. The smallest absolute Gasteiger partial charge is 0.311 e. The fraction of sp³-hybridized carbons (Fsp3) is 0.292. The van der Waals surface area contributed by atoms with Crippen LogP contribution in [0.5, 0.6) is 11.5 Å². The number of hydrogen-bond donors (Lipinski definition) is 2. The lowest BCUT2D eigenvalue weighted by Gasteiger charge is -2.16. The summed E-state index contributed by atoms with van der Waals surface area (Å²) in [5.74, 6) is 0.622. The van der Waals surface area contributed by atoms with E-state index in [9.17, 15) is 9.59 Å². The number of hydrogen-bond acceptors (Lipinski definition) is 8. The number of carbonyl (C=O) groups is 2. The third-order valence-corrected chi connectivity index (χ3v) is 6.12. The largest absolute Gasteiger partial charge is 0.497 e. The molecule has 1 atom stereocenters. The Morgan fingerprint density at radius 2 is 1.79 bits per heavy atom. The molecule has 1 unspecified atom stereocenters. The molecule has 8 nitrogen and oxygen atoms in total. The number of benzene rings is 2. The fourth-order valence-electron chi connectivity index (χ4n) is 3.14. The molecular formula is C24H27N3O5S. The molecule has 1 amide bonds. The van der Waals surface area contributed by atoms with Crippen LogP contribution in [-0.2, 0) is 14.3 Å². The molecule has 1 aliphatic heterocycles. The van der Waals surface area contributed by atoms with Gasteiger partial charge in [-0.2, -0.15) is 0 Å². The molecule has 0 bridgehead atoms. The van der Waals surface area contributed by atoms with Gasteiger partial charge in [-0.3, -0.25) is 9.59 Å². The lowest BCUT2D eigenvalue weighted by atomic mass is 10.2. The van der Waals surface area contributed by atoms with Gasteiger partial charge in [0.15, 0.2) is 0 Å². The number of nitrogens with zero attached hydrogens (tertiary/aromatic N) is 1. The van der Waals surface area contributed by atoms with Crippen LogP contribution >= 0.6 is 11.8 Å². The first-order valence-corrected chi connectivity index (χ1v) is 11.3. The zero-order chi connectivity index (χ0) is 23.8. The second-order valence-corrected chi connectivity index (χ2v) is 8.34. The number of esters is 1. The Hall–Kier alpha value is -3.46. The van der Waals surface area contributed by atoms with Crippen LogP contribution < -0.4 is 20.1 Å². The first kappa shape index (κ1) is 24.2. The Bertz CT molecular complexity index is 1060. The SMILES string of the molecule is CCC(SC1=Nc2ccccc2NC(CC(=O)OC)=C1)C(=O)Nc1cc(OC)cc(OC)c1. The first-order chi connectivity index (χ1) is 15.9. The molecule has 3 rings (SSSR count). The fourth-order valence-corrected chi connectivity index (χ4v) is 4.13. The van der Waals surface area contributed by atoms with E-state index in [1.54, 1.807) is 38.5 Å². The first-order valence-electron chi connectivity index (χ1n) is 10.4. The molecule has 0 radical (unpaired) electrons. The van der Waals surface area contributed by atoms with E-state index in [-0.39, 0.29) is 18.3 Å². The van der Waals surface area contributed by atoms with Crippen LogP contribution in [0.3, 0.4) is 0 Å². The summed E-state index contributed by atoms with van der Waals surface area (Å²) in [6, 6.07) is 12.7. The van der Waals surface area contributed by atoms with Gasteiger partial charge in [0.1, 0.15) is 11.5 Å². The zero-order valence-corrected chi connectivity index (χ0v) is 19.8. The van der Waals surface area contributed by atoms with E-state index in [4.69, 9.17) is 19.2 Å². The minimum Gasteiger partial charge on any atom is -0.497 e.